The molecule has 0 aromatic rings. The molecule has 1 N–H and O–H groups in total. The molecule has 0 aromatic heterocycles. The highest BCUT2D eigenvalue weighted by Crippen LogP contribution is 2.41. The lowest BCUT2D eigenvalue weighted by atomic mass is 9.83. The van der Waals surface area contributed by atoms with Crippen molar-refractivity contribution in [2.24, 2.45) is 0 Å². The van der Waals surface area contributed by atoms with Crippen LogP contribution < -0.4 is 5.32 Å². The van der Waals surface area contributed by atoms with Crippen molar-refractivity contribution in [3.8, 4) is 0 Å². The molecule has 0 bridgehead atoms. The second kappa shape index (κ2) is 6.55. The van der Waals surface area contributed by atoms with Crippen molar-refractivity contribution in [3.63, 3.8) is 0 Å². The number of hydrogen-bond donors (Lipinski definition) is 1. The summed E-state index contributed by atoms with van der Waals surface area (Å²) in [5.41, 5.74) is 0.245. The molecular formula is C16H29NO2. The summed E-state index contributed by atoms with van der Waals surface area (Å²) in [5, 5.41) is 3.54. The number of hydrogen-bond acceptors (Lipinski definition) is 3. The van der Waals surface area contributed by atoms with E-state index in [1.54, 1.807) is 0 Å². The van der Waals surface area contributed by atoms with Crippen molar-refractivity contribution in [3.05, 3.63) is 0 Å². The van der Waals surface area contributed by atoms with E-state index < -0.39 is 0 Å². The normalized spacial score (nSPS) is 34.7. The van der Waals surface area contributed by atoms with Crippen LogP contribution in [0.15, 0.2) is 0 Å². The summed E-state index contributed by atoms with van der Waals surface area (Å²) in [5.74, 6) is 0. The van der Waals surface area contributed by atoms with Gasteiger partial charge >= 0.3 is 0 Å². The summed E-state index contributed by atoms with van der Waals surface area (Å²) >= 11 is 0. The van der Waals surface area contributed by atoms with E-state index in [-0.39, 0.29) is 5.60 Å². The minimum Gasteiger partial charge on any atom is -0.377 e. The lowest BCUT2D eigenvalue weighted by Gasteiger charge is -2.33. The Kier molecular flexibility index (Phi) is 4.78. The van der Waals surface area contributed by atoms with E-state index in [1.165, 1.54) is 64.2 Å². The molecule has 0 aromatic carbocycles. The summed E-state index contributed by atoms with van der Waals surface area (Å²) < 4.78 is 12.2. The monoisotopic (exact) mass is 267 g/mol. The Morgan fingerprint density at radius 3 is 2.63 bits per heavy atom. The Labute approximate surface area is 117 Å². The van der Waals surface area contributed by atoms with Gasteiger partial charge in [0.05, 0.1) is 24.9 Å². The molecule has 3 rings (SSSR count). The third-order valence-corrected chi connectivity index (χ3v) is 5.14. The maximum Gasteiger partial charge on any atom is 0.0817 e. The molecule has 2 unspecified atom stereocenters. The van der Waals surface area contributed by atoms with Gasteiger partial charge in [0.15, 0.2) is 0 Å². The van der Waals surface area contributed by atoms with E-state index in [4.69, 9.17) is 9.47 Å². The first-order valence-corrected chi connectivity index (χ1v) is 8.35. The van der Waals surface area contributed by atoms with Crippen LogP contribution in [0.4, 0.5) is 0 Å². The predicted octanol–water partition coefficient (Wildman–Crippen LogP) is 3.03. The fourth-order valence-electron chi connectivity index (χ4n) is 3.98. The summed E-state index contributed by atoms with van der Waals surface area (Å²) in [4.78, 5) is 0. The maximum absolute atomic E-state index is 6.33. The largest absolute Gasteiger partial charge is 0.377 e. The van der Waals surface area contributed by atoms with Crippen molar-refractivity contribution in [1.82, 2.24) is 5.32 Å². The first-order valence-electron chi connectivity index (χ1n) is 8.35. The molecule has 2 atom stereocenters. The smallest absolute Gasteiger partial charge is 0.0817 e. The average molecular weight is 267 g/mol. The van der Waals surface area contributed by atoms with Crippen LogP contribution in [0.1, 0.15) is 64.2 Å². The van der Waals surface area contributed by atoms with Gasteiger partial charge in [-0.1, -0.05) is 25.7 Å². The van der Waals surface area contributed by atoms with Crippen molar-refractivity contribution >= 4 is 0 Å². The van der Waals surface area contributed by atoms with E-state index >= 15 is 0 Å². The van der Waals surface area contributed by atoms with Crippen molar-refractivity contribution in [2.45, 2.75) is 82.0 Å². The van der Waals surface area contributed by atoms with Gasteiger partial charge in [0.2, 0.25) is 0 Å². The third-order valence-electron chi connectivity index (χ3n) is 5.14. The van der Waals surface area contributed by atoms with Crippen LogP contribution in [0.25, 0.3) is 0 Å². The molecule has 110 valence electrons. The molecule has 0 radical (unpaired) electrons. The van der Waals surface area contributed by atoms with Gasteiger partial charge in [-0.25, -0.2) is 0 Å². The van der Waals surface area contributed by atoms with Gasteiger partial charge in [0.25, 0.3) is 0 Å². The van der Waals surface area contributed by atoms with Crippen LogP contribution in [0.3, 0.4) is 0 Å². The van der Waals surface area contributed by atoms with Gasteiger partial charge in [0.1, 0.15) is 0 Å². The zero-order valence-electron chi connectivity index (χ0n) is 12.2. The first-order chi connectivity index (χ1) is 9.36. The van der Waals surface area contributed by atoms with Crippen LogP contribution in [0.5, 0.6) is 0 Å². The molecule has 3 aliphatic rings. The Morgan fingerprint density at radius 1 is 0.947 bits per heavy atom. The molecule has 1 saturated carbocycles. The topological polar surface area (TPSA) is 30.5 Å². The lowest BCUT2D eigenvalue weighted by molar-refractivity contribution is -0.0896. The van der Waals surface area contributed by atoms with E-state index in [0.717, 1.165) is 19.8 Å². The molecule has 1 spiro atoms. The van der Waals surface area contributed by atoms with Crippen LogP contribution in [-0.2, 0) is 9.47 Å². The number of rotatable bonds is 4. The van der Waals surface area contributed by atoms with Gasteiger partial charge in [-0.3, -0.25) is 0 Å². The van der Waals surface area contributed by atoms with E-state index in [2.05, 4.69) is 5.32 Å². The molecule has 19 heavy (non-hydrogen) atoms. The quantitative estimate of drug-likeness (QED) is 0.849. The summed E-state index contributed by atoms with van der Waals surface area (Å²) in [6, 6.07) is 0.582. The van der Waals surface area contributed by atoms with Crippen molar-refractivity contribution < 1.29 is 9.47 Å². The average Bonchev–Trinajstić information content (AvgIpc) is 2.84. The molecule has 0 amide bonds. The summed E-state index contributed by atoms with van der Waals surface area (Å²) in [6.45, 7) is 2.84. The highest BCUT2D eigenvalue weighted by Gasteiger charge is 2.40. The summed E-state index contributed by atoms with van der Waals surface area (Å²) in [7, 11) is 0. The van der Waals surface area contributed by atoms with Gasteiger partial charge in [-0.05, 0) is 45.1 Å². The van der Waals surface area contributed by atoms with E-state index in [0.29, 0.717) is 12.1 Å². The first kappa shape index (κ1) is 13.8. The minimum atomic E-state index is 0.245. The predicted molar refractivity (Wildman–Crippen MR) is 76.4 cm³/mol. The van der Waals surface area contributed by atoms with Crippen LogP contribution >= 0.6 is 0 Å². The fraction of sp³-hybridized carbons (Fsp3) is 1.00. The molecule has 3 fully saturated rings. The van der Waals surface area contributed by atoms with E-state index in [9.17, 15) is 0 Å². The summed E-state index contributed by atoms with van der Waals surface area (Å²) in [6.07, 6.45) is 13.5. The zero-order valence-corrected chi connectivity index (χ0v) is 12.2. The molecule has 1 aliphatic carbocycles. The Bertz CT molecular complexity index is 270. The van der Waals surface area contributed by atoms with Crippen LogP contribution in [-0.4, -0.2) is 37.5 Å². The Morgan fingerprint density at radius 2 is 1.84 bits per heavy atom. The van der Waals surface area contributed by atoms with Gasteiger partial charge in [0, 0.05) is 6.04 Å². The molecule has 2 heterocycles. The molecule has 3 nitrogen and oxygen atoms in total. The fourth-order valence-corrected chi connectivity index (χ4v) is 3.98. The number of nitrogens with one attached hydrogen (secondary N) is 1. The molecular weight excluding hydrogens is 238 g/mol. The highest BCUT2D eigenvalue weighted by molar-refractivity contribution is 4.91. The molecule has 2 aliphatic heterocycles. The van der Waals surface area contributed by atoms with Crippen LogP contribution in [0, 0.1) is 0 Å². The lowest BCUT2D eigenvalue weighted by Crippen LogP contribution is -2.38. The minimum absolute atomic E-state index is 0.245. The second-order valence-corrected chi connectivity index (χ2v) is 6.71. The van der Waals surface area contributed by atoms with Crippen LogP contribution in [0.2, 0.25) is 0 Å². The molecule has 2 saturated heterocycles. The van der Waals surface area contributed by atoms with Crippen molar-refractivity contribution in [2.75, 3.05) is 19.8 Å². The SMILES string of the molecule is C1CCC2(CC1)CCC(COCC1CCCCN1)O2. The zero-order chi connectivity index (χ0) is 13.0. The maximum atomic E-state index is 6.33. The highest BCUT2D eigenvalue weighted by atomic mass is 16.6. The standard InChI is InChI=1S/C16H29NO2/c1-3-8-16(9-4-1)10-7-15(19-16)13-18-12-14-6-2-5-11-17-14/h14-15,17H,1-13H2. The number of piperidine rings is 1. The van der Waals surface area contributed by atoms with Gasteiger partial charge in [-0.2, -0.15) is 0 Å². The number of ether oxygens (including phenoxy) is 2. The Hall–Kier alpha value is -0.120. The second-order valence-electron chi connectivity index (χ2n) is 6.71. The van der Waals surface area contributed by atoms with Crippen molar-refractivity contribution in [1.29, 1.82) is 0 Å². The van der Waals surface area contributed by atoms with Gasteiger partial charge < -0.3 is 14.8 Å². The van der Waals surface area contributed by atoms with Gasteiger partial charge in [-0.15, -0.1) is 0 Å². The van der Waals surface area contributed by atoms with E-state index in [1.807, 2.05) is 0 Å². The Balaban J connectivity index is 1.35. The molecule has 3 heteroatoms. The third kappa shape index (κ3) is 3.71.